The number of aliphatic carboxylic acids is 1. The number of carboxylic acids is 1. The van der Waals surface area contributed by atoms with Crippen molar-refractivity contribution >= 4 is 39.9 Å². The molecule has 1 aromatic heterocycles. The van der Waals surface area contributed by atoms with E-state index >= 15 is 0 Å². The second-order valence-corrected chi connectivity index (χ2v) is 7.85. The van der Waals surface area contributed by atoms with Crippen molar-refractivity contribution in [3.05, 3.63) is 45.8 Å². The van der Waals surface area contributed by atoms with Gasteiger partial charge in [0.15, 0.2) is 5.13 Å². The maximum Gasteiger partial charge on any atom is 0.307 e. The van der Waals surface area contributed by atoms with Crippen molar-refractivity contribution in [1.29, 1.82) is 0 Å². The number of halogens is 1. The second kappa shape index (κ2) is 7.60. The number of rotatable bonds is 4. The lowest BCUT2D eigenvalue weighted by Crippen LogP contribution is -2.36. The lowest BCUT2D eigenvalue weighted by Gasteiger charge is -2.29. The van der Waals surface area contributed by atoms with Gasteiger partial charge in [0, 0.05) is 16.0 Å². The molecule has 7 heteroatoms. The van der Waals surface area contributed by atoms with Crippen LogP contribution in [0.2, 0.25) is 5.02 Å². The fraction of sp³-hybridized carbons (Fsp3) is 0.316. The summed E-state index contributed by atoms with van der Waals surface area (Å²) in [5.41, 5.74) is 3.79. The summed E-state index contributed by atoms with van der Waals surface area (Å²) in [7, 11) is 0. The van der Waals surface area contributed by atoms with Crippen molar-refractivity contribution in [2.75, 3.05) is 5.32 Å². The number of thiazole rings is 1. The standard InChI is InChI=1S/C19H19ClN2O3S/c1-10-7-14(15(18(24)25)8-11(10)2)17(23)22-19-21-16(9-26-19)12-3-5-13(20)6-4-12/h3-6,9,14-15H,7-8H2,1-2H3,(H,24,25)(H,21,22,23). The molecule has 0 fully saturated rings. The molecule has 1 amide bonds. The third kappa shape index (κ3) is 3.97. The van der Waals surface area contributed by atoms with Crippen molar-refractivity contribution in [1.82, 2.24) is 4.98 Å². The SMILES string of the molecule is CC1=C(C)CC(C(=O)Nc2nc(-c3ccc(Cl)cc3)cs2)C(C(=O)O)C1. The number of nitrogens with one attached hydrogen (secondary N) is 1. The molecule has 0 spiro atoms. The average Bonchev–Trinajstić information content (AvgIpc) is 3.05. The molecule has 3 rings (SSSR count). The molecule has 0 radical (unpaired) electrons. The lowest BCUT2D eigenvalue weighted by molar-refractivity contribution is -0.146. The summed E-state index contributed by atoms with van der Waals surface area (Å²) in [4.78, 5) is 28.7. The fourth-order valence-corrected chi connectivity index (χ4v) is 3.96. The van der Waals surface area contributed by atoms with Crippen molar-refractivity contribution in [3.63, 3.8) is 0 Å². The molecule has 2 unspecified atom stereocenters. The maximum absolute atomic E-state index is 12.7. The third-order valence-electron chi connectivity index (χ3n) is 4.79. The van der Waals surface area contributed by atoms with E-state index < -0.39 is 17.8 Å². The largest absolute Gasteiger partial charge is 0.481 e. The van der Waals surface area contributed by atoms with Crippen LogP contribution >= 0.6 is 22.9 Å². The van der Waals surface area contributed by atoms with Crippen molar-refractivity contribution in [2.24, 2.45) is 11.8 Å². The van der Waals surface area contributed by atoms with Gasteiger partial charge in [0.2, 0.25) is 5.91 Å². The van der Waals surface area contributed by atoms with Crippen molar-refractivity contribution in [2.45, 2.75) is 26.7 Å². The first-order valence-electron chi connectivity index (χ1n) is 8.25. The Hall–Kier alpha value is -2.18. The van der Waals surface area contributed by atoms with Crippen molar-refractivity contribution in [3.8, 4) is 11.3 Å². The van der Waals surface area contributed by atoms with E-state index in [9.17, 15) is 14.7 Å². The highest BCUT2D eigenvalue weighted by Gasteiger charge is 2.37. The van der Waals surface area contributed by atoms with Gasteiger partial charge < -0.3 is 10.4 Å². The normalized spacial score (nSPS) is 20.1. The van der Waals surface area contributed by atoms with Gasteiger partial charge in [-0.05, 0) is 38.8 Å². The highest BCUT2D eigenvalue weighted by molar-refractivity contribution is 7.14. The van der Waals surface area contributed by atoms with Crippen LogP contribution in [0.4, 0.5) is 5.13 Å². The molecule has 5 nitrogen and oxygen atoms in total. The van der Waals surface area contributed by atoms with Gasteiger partial charge in [0.25, 0.3) is 0 Å². The van der Waals surface area contributed by atoms with E-state index in [2.05, 4.69) is 10.3 Å². The van der Waals surface area contributed by atoms with Crippen LogP contribution in [-0.4, -0.2) is 22.0 Å². The van der Waals surface area contributed by atoms with Crippen LogP contribution in [0.3, 0.4) is 0 Å². The third-order valence-corrected chi connectivity index (χ3v) is 5.80. The van der Waals surface area contributed by atoms with E-state index in [0.29, 0.717) is 23.0 Å². The molecule has 1 heterocycles. The Bertz CT molecular complexity index is 873. The van der Waals surface area contributed by atoms with Gasteiger partial charge in [-0.2, -0.15) is 0 Å². The van der Waals surface area contributed by atoms with E-state index in [4.69, 9.17) is 11.6 Å². The summed E-state index contributed by atoms with van der Waals surface area (Å²) in [5, 5.41) is 15.2. The number of hydrogen-bond donors (Lipinski definition) is 2. The minimum absolute atomic E-state index is 0.291. The Morgan fingerprint density at radius 2 is 1.77 bits per heavy atom. The molecule has 2 aromatic rings. The number of carbonyl (C=O) groups is 2. The zero-order chi connectivity index (χ0) is 18.8. The fourth-order valence-electron chi connectivity index (χ4n) is 3.11. The van der Waals surface area contributed by atoms with E-state index in [-0.39, 0.29) is 5.91 Å². The number of allylic oxidation sites excluding steroid dienone is 2. The van der Waals surface area contributed by atoms with Crippen LogP contribution in [0.25, 0.3) is 11.3 Å². The summed E-state index contributed by atoms with van der Waals surface area (Å²) in [6.07, 6.45) is 0.872. The number of carbonyl (C=O) groups excluding carboxylic acids is 1. The number of anilines is 1. The molecule has 0 saturated heterocycles. The molecule has 1 aliphatic rings. The molecule has 2 N–H and O–H groups in total. The minimum atomic E-state index is -0.932. The summed E-state index contributed by atoms with van der Waals surface area (Å²) < 4.78 is 0. The Labute approximate surface area is 160 Å². The lowest BCUT2D eigenvalue weighted by atomic mass is 9.76. The number of nitrogens with zero attached hydrogens (tertiary/aromatic N) is 1. The Kier molecular flexibility index (Phi) is 5.44. The van der Waals surface area contributed by atoms with Crippen LogP contribution in [0.15, 0.2) is 40.8 Å². The first kappa shape index (κ1) is 18.6. The van der Waals surface area contributed by atoms with Crippen LogP contribution in [-0.2, 0) is 9.59 Å². The number of aromatic nitrogens is 1. The summed E-state index contributed by atoms with van der Waals surface area (Å²) in [6, 6.07) is 7.29. The van der Waals surface area contributed by atoms with Gasteiger partial charge in [-0.3, -0.25) is 9.59 Å². The number of hydrogen-bond acceptors (Lipinski definition) is 4. The Morgan fingerprint density at radius 3 is 2.38 bits per heavy atom. The average molecular weight is 391 g/mol. The molecule has 26 heavy (non-hydrogen) atoms. The molecule has 0 bridgehead atoms. The summed E-state index contributed by atoms with van der Waals surface area (Å²) in [5.74, 6) is -2.51. The van der Waals surface area contributed by atoms with Crippen LogP contribution in [0.1, 0.15) is 26.7 Å². The van der Waals surface area contributed by atoms with Gasteiger partial charge >= 0.3 is 5.97 Å². The number of benzene rings is 1. The molecule has 2 atom stereocenters. The number of amides is 1. The van der Waals surface area contributed by atoms with Crippen LogP contribution < -0.4 is 5.32 Å². The summed E-state index contributed by atoms with van der Waals surface area (Å²) >= 11 is 7.21. The van der Waals surface area contributed by atoms with E-state index in [1.807, 2.05) is 31.4 Å². The molecule has 0 saturated carbocycles. The van der Waals surface area contributed by atoms with E-state index in [1.54, 1.807) is 12.1 Å². The molecule has 1 aromatic carbocycles. The quantitative estimate of drug-likeness (QED) is 0.731. The van der Waals surface area contributed by atoms with Crippen LogP contribution in [0.5, 0.6) is 0 Å². The Morgan fingerprint density at radius 1 is 1.15 bits per heavy atom. The predicted octanol–water partition coefficient (Wildman–Crippen LogP) is 4.85. The van der Waals surface area contributed by atoms with E-state index in [1.165, 1.54) is 11.3 Å². The molecule has 1 aliphatic carbocycles. The molecular weight excluding hydrogens is 372 g/mol. The minimum Gasteiger partial charge on any atom is -0.481 e. The molecule has 136 valence electrons. The van der Waals surface area contributed by atoms with Gasteiger partial charge in [-0.15, -0.1) is 11.3 Å². The monoisotopic (exact) mass is 390 g/mol. The van der Waals surface area contributed by atoms with Gasteiger partial charge in [0.1, 0.15) is 0 Å². The van der Waals surface area contributed by atoms with Gasteiger partial charge in [-0.25, -0.2) is 4.98 Å². The smallest absolute Gasteiger partial charge is 0.307 e. The Balaban J connectivity index is 1.75. The summed E-state index contributed by atoms with van der Waals surface area (Å²) in [6.45, 7) is 3.88. The number of carboxylic acid groups (broad SMARTS) is 1. The van der Waals surface area contributed by atoms with Crippen LogP contribution in [0, 0.1) is 11.8 Å². The zero-order valence-electron chi connectivity index (χ0n) is 14.5. The van der Waals surface area contributed by atoms with Gasteiger partial charge in [0.05, 0.1) is 17.5 Å². The first-order valence-corrected chi connectivity index (χ1v) is 9.51. The zero-order valence-corrected chi connectivity index (χ0v) is 16.0. The molecular formula is C19H19ClN2O3S. The molecule has 0 aliphatic heterocycles. The second-order valence-electron chi connectivity index (χ2n) is 6.55. The predicted molar refractivity (Wildman–Crippen MR) is 103 cm³/mol. The van der Waals surface area contributed by atoms with Gasteiger partial charge in [-0.1, -0.05) is 34.9 Å². The highest BCUT2D eigenvalue weighted by Crippen LogP contribution is 2.35. The van der Waals surface area contributed by atoms with E-state index in [0.717, 1.165) is 22.4 Å². The van der Waals surface area contributed by atoms with Crippen molar-refractivity contribution < 1.29 is 14.7 Å². The maximum atomic E-state index is 12.7. The highest BCUT2D eigenvalue weighted by atomic mass is 35.5. The topological polar surface area (TPSA) is 79.3 Å². The first-order chi connectivity index (χ1) is 12.3.